The van der Waals surface area contributed by atoms with E-state index in [1.54, 1.807) is 6.20 Å². The van der Waals surface area contributed by atoms with Crippen molar-refractivity contribution in [2.24, 2.45) is 0 Å². The highest BCUT2D eigenvalue weighted by molar-refractivity contribution is 5.96. The van der Waals surface area contributed by atoms with Crippen LogP contribution < -0.4 is 0 Å². The number of ketones is 1. The highest BCUT2D eigenvalue weighted by atomic mass is 19.1. The Hall–Kier alpha value is -2.10. The summed E-state index contributed by atoms with van der Waals surface area (Å²) in [6.45, 7) is 0. The molecular weight excluding hydrogens is 219 g/mol. The molecule has 0 bridgehead atoms. The molecule has 2 aromatic heterocycles. The Morgan fingerprint density at radius 1 is 1.24 bits per heavy atom. The summed E-state index contributed by atoms with van der Waals surface area (Å²) < 4.78 is 13.3. The first-order valence-electron chi connectivity index (χ1n) is 5.30. The Balaban J connectivity index is 2.01. The molecule has 2 heterocycles. The number of hydrogen-bond donors (Lipinski definition) is 0. The van der Waals surface area contributed by atoms with Gasteiger partial charge >= 0.3 is 0 Å². The van der Waals surface area contributed by atoms with Crippen molar-refractivity contribution >= 4 is 5.78 Å². The van der Waals surface area contributed by atoms with Crippen molar-refractivity contribution in [1.29, 1.82) is 0 Å². The Labute approximate surface area is 98.3 Å². The van der Waals surface area contributed by atoms with E-state index in [2.05, 4.69) is 9.97 Å². The van der Waals surface area contributed by atoms with Crippen molar-refractivity contribution in [2.45, 2.75) is 12.8 Å². The largest absolute Gasteiger partial charge is 0.294 e. The number of Topliss-reactive ketones (excluding diaryl/α,β-unsaturated/α-hetero) is 1. The van der Waals surface area contributed by atoms with Crippen molar-refractivity contribution in [3.8, 4) is 0 Å². The van der Waals surface area contributed by atoms with Crippen LogP contribution in [0.4, 0.5) is 4.39 Å². The maximum Gasteiger partial charge on any atom is 0.166 e. The standard InChI is InChI=1S/C13H11FN2O/c14-12-9-15-8-6-11(12)13(17)5-4-10-3-1-2-7-16-10/h1-3,6-9H,4-5H2. The van der Waals surface area contributed by atoms with Gasteiger partial charge < -0.3 is 0 Å². The van der Waals surface area contributed by atoms with E-state index in [0.29, 0.717) is 6.42 Å². The molecule has 0 atom stereocenters. The number of rotatable bonds is 4. The van der Waals surface area contributed by atoms with Crippen molar-refractivity contribution in [2.75, 3.05) is 0 Å². The SMILES string of the molecule is O=C(CCc1ccccn1)c1ccncc1F. The van der Waals surface area contributed by atoms with Gasteiger partial charge in [0.1, 0.15) is 0 Å². The summed E-state index contributed by atoms with van der Waals surface area (Å²) >= 11 is 0. The first-order valence-corrected chi connectivity index (χ1v) is 5.30. The van der Waals surface area contributed by atoms with Crippen LogP contribution in [0.15, 0.2) is 42.9 Å². The Morgan fingerprint density at radius 2 is 2.12 bits per heavy atom. The normalized spacial score (nSPS) is 10.2. The lowest BCUT2D eigenvalue weighted by atomic mass is 10.1. The molecule has 0 fully saturated rings. The number of carbonyl (C=O) groups excluding carboxylic acids is 1. The smallest absolute Gasteiger partial charge is 0.166 e. The summed E-state index contributed by atoms with van der Waals surface area (Å²) in [5, 5.41) is 0. The van der Waals surface area contributed by atoms with Gasteiger partial charge in [0.05, 0.1) is 11.8 Å². The average Bonchev–Trinajstić information content (AvgIpc) is 2.38. The Morgan fingerprint density at radius 3 is 2.82 bits per heavy atom. The van der Waals surface area contributed by atoms with Crippen LogP contribution in [0.1, 0.15) is 22.5 Å². The third-order valence-electron chi connectivity index (χ3n) is 2.41. The first kappa shape index (κ1) is 11.4. The maximum atomic E-state index is 13.3. The molecule has 2 rings (SSSR count). The van der Waals surface area contributed by atoms with Crippen molar-refractivity contribution in [3.05, 3.63) is 59.9 Å². The molecule has 0 spiro atoms. The fraction of sp³-hybridized carbons (Fsp3) is 0.154. The molecule has 4 heteroatoms. The van der Waals surface area contributed by atoms with Gasteiger partial charge in [-0.05, 0) is 24.6 Å². The maximum absolute atomic E-state index is 13.3. The molecule has 2 aromatic rings. The van der Waals surface area contributed by atoms with Gasteiger partial charge in [0.15, 0.2) is 11.6 Å². The van der Waals surface area contributed by atoms with Crippen molar-refractivity contribution in [1.82, 2.24) is 9.97 Å². The van der Waals surface area contributed by atoms with Crippen LogP contribution in [0.3, 0.4) is 0 Å². The molecule has 0 unspecified atom stereocenters. The zero-order chi connectivity index (χ0) is 12.1. The lowest BCUT2D eigenvalue weighted by Crippen LogP contribution is -2.05. The fourth-order valence-electron chi connectivity index (χ4n) is 1.52. The van der Waals surface area contributed by atoms with Gasteiger partial charge in [-0.25, -0.2) is 4.39 Å². The van der Waals surface area contributed by atoms with Crippen LogP contribution in [0.2, 0.25) is 0 Å². The Kier molecular flexibility index (Phi) is 3.55. The molecule has 0 aliphatic carbocycles. The molecule has 0 aromatic carbocycles. The third-order valence-corrected chi connectivity index (χ3v) is 2.41. The quantitative estimate of drug-likeness (QED) is 0.757. The van der Waals surface area contributed by atoms with Gasteiger partial charge in [0.25, 0.3) is 0 Å². The van der Waals surface area contributed by atoms with Crippen LogP contribution in [0, 0.1) is 5.82 Å². The molecule has 0 saturated carbocycles. The molecule has 0 amide bonds. The third kappa shape index (κ3) is 2.93. The minimum atomic E-state index is -0.571. The van der Waals surface area contributed by atoms with E-state index in [4.69, 9.17) is 0 Å². The second-order valence-electron chi connectivity index (χ2n) is 3.60. The molecule has 3 nitrogen and oxygen atoms in total. The van der Waals surface area contributed by atoms with Gasteiger partial charge in [-0.1, -0.05) is 6.07 Å². The molecule has 86 valence electrons. The van der Waals surface area contributed by atoms with Crippen molar-refractivity contribution < 1.29 is 9.18 Å². The van der Waals surface area contributed by atoms with Crippen LogP contribution >= 0.6 is 0 Å². The number of aryl methyl sites for hydroxylation is 1. The van der Waals surface area contributed by atoms with Gasteiger partial charge in [-0.3, -0.25) is 14.8 Å². The lowest BCUT2D eigenvalue weighted by molar-refractivity contribution is 0.0978. The summed E-state index contributed by atoms with van der Waals surface area (Å²) in [4.78, 5) is 19.5. The Bertz CT molecular complexity index is 514. The van der Waals surface area contributed by atoms with E-state index in [9.17, 15) is 9.18 Å². The lowest BCUT2D eigenvalue weighted by Gasteiger charge is -2.01. The van der Waals surface area contributed by atoms with Gasteiger partial charge in [0, 0.05) is 24.5 Å². The summed E-state index contributed by atoms with van der Waals surface area (Å²) in [6.07, 6.45) is 4.90. The number of hydrogen-bond acceptors (Lipinski definition) is 3. The number of halogens is 1. The second kappa shape index (κ2) is 5.30. The summed E-state index contributed by atoms with van der Waals surface area (Å²) in [6, 6.07) is 6.92. The minimum absolute atomic E-state index is 0.0935. The van der Waals surface area contributed by atoms with E-state index < -0.39 is 5.82 Å². The van der Waals surface area contributed by atoms with Crippen LogP contribution in [-0.4, -0.2) is 15.8 Å². The predicted molar refractivity (Wildman–Crippen MR) is 61.1 cm³/mol. The van der Waals surface area contributed by atoms with E-state index in [-0.39, 0.29) is 17.8 Å². The fourth-order valence-corrected chi connectivity index (χ4v) is 1.52. The highest BCUT2D eigenvalue weighted by Gasteiger charge is 2.11. The summed E-state index contributed by atoms with van der Waals surface area (Å²) in [7, 11) is 0. The summed E-state index contributed by atoms with van der Waals surface area (Å²) in [5.41, 5.74) is 0.922. The number of pyridine rings is 2. The first-order chi connectivity index (χ1) is 8.27. The van der Waals surface area contributed by atoms with E-state index in [1.165, 1.54) is 12.3 Å². The van der Waals surface area contributed by atoms with Gasteiger partial charge in [0.2, 0.25) is 0 Å². The molecular formula is C13H11FN2O. The second-order valence-corrected chi connectivity index (χ2v) is 3.60. The molecule has 0 aliphatic rings. The molecule has 0 radical (unpaired) electrons. The summed E-state index contributed by atoms with van der Waals surface area (Å²) in [5.74, 6) is -0.797. The molecule has 0 aliphatic heterocycles. The number of aromatic nitrogens is 2. The predicted octanol–water partition coefficient (Wildman–Crippen LogP) is 2.43. The highest BCUT2D eigenvalue weighted by Crippen LogP contribution is 2.09. The molecule has 0 N–H and O–H groups in total. The monoisotopic (exact) mass is 230 g/mol. The van der Waals surface area contributed by atoms with E-state index >= 15 is 0 Å². The topological polar surface area (TPSA) is 42.9 Å². The molecule has 17 heavy (non-hydrogen) atoms. The number of carbonyl (C=O) groups is 1. The van der Waals surface area contributed by atoms with Crippen molar-refractivity contribution in [3.63, 3.8) is 0 Å². The molecule has 0 saturated heterocycles. The van der Waals surface area contributed by atoms with Crippen LogP contribution in [0.5, 0.6) is 0 Å². The van der Waals surface area contributed by atoms with Gasteiger partial charge in [-0.15, -0.1) is 0 Å². The van der Waals surface area contributed by atoms with E-state index in [1.807, 2.05) is 18.2 Å². The van der Waals surface area contributed by atoms with E-state index in [0.717, 1.165) is 11.9 Å². The number of nitrogens with zero attached hydrogens (tertiary/aromatic N) is 2. The van der Waals surface area contributed by atoms with Gasteiger partial charge in [-0.2, -0.15) is 0 Å². The van der Waals surface area contributed by atoms with Crippen LogP contribution in [-0.2, 0) is 6.42 Å². The average molecular weight is 230 g/mol. The van der Waals surface area contributed by atoms with Crippen LogP contribution in [0.25, 0.3) is 0 Å². The minimum Gasteiger partial charge on any atom is -0.294 e. The zero-order valence-corrected chi connectivity index (χ0v) is 9.14. The zero-order valence-electron chi connectivity index (χ0n) is 9.14.